The summed E-state index contributed by atoms with van der Waals surface area (Å²) in [5.41, 5.74) is 2.65. The Labute approximate surface area is 135 Å². The first kappa shape index (κ1) is 15.4. The first-order chi connectivity index (χ1) is 10.5. The van der Waals surface area contributed by atoms with Gasteiger partial charge in [-0.3, -0.25) is 4.79 Å². The Morgan fingerprint density at radius 2 is 2.27 bits per heavy atom. The average molecular weight is 320 g/mol. The smallest absolute Gasteiger partial charge is 0.253 e. The maximum absolute atomic E-state index is 12.6. The largest absolute Gasteiger partial charge is 0.358 e. The molecule has 22 heavy (non-hydrogen) atoms. The van der Waals surface area contributed by atoms with Crippen LogP contribution < -0.4 is 10.6 Å². The van der Waals surface area contributed by atoms with Gasteiger partial charge < -0.3 is 15.6 Å². The lowest BCUT2D eigenvalue weighted by Gasteiger charge is -2.34. The van der Waals surface area contributed by atoms with Crippen LogP contribution in [-0.2, 0) is 0 Å². The second-order valence-corrected chi connectivity index (χ2v) is 7.03. The molecule has 2 heterocycles. The summed E-state index contributed by atoms with van der Waals surface area (Å²) in [7, 11) is 0. The fourth-order valence-corrected chi connectivity index (χ4v) is 3.42. The van der Waals surface area contributed by atoms with Crippen molar-refractivity contribution in [2.75, 3.05) is 19.6 Å². The molecule has 1 aliphatic rings. The molecule has 0 spiro atoms. The Morgan fingerprint density at radius 3 is 3.00 bits per heavy atom. The summed E-state index contributed by atoms with van der Waals surface area (Å²) >= 11 is 6.07. The summed E-state index contributed by atoms with van der Waals surface area (Å²) < 4.78 is 0. The minimum absolute atomic E-state index is 0.0298. The molecule has 0 aliphatic carbocycles. The predicted octanol–water partition coefficient (Wildman–Crippen LogP) is 3.25. The molecular formula is C17H22ClN3O. The number of aryl methyl sites for hydroxylation is 1. The van der Waals surface area contributed by atoms with E-state index in [9.17, 15) is 4.79 Å². The molecule has 1 aromatic carbocycles. The SMILES string of the molecule is Cc1[nH]c2ccc(Cl)cc2c1C(=O)NCC1(C)CCCNC1. The number of aromatic amines is 1. The van der Waals surface area contributed by atoms with Crippen molar-refractivity contribution in [2.24, 2.45) is 5.41 Å². The van der Waals surface area contributed by atoms with E-state index in [-0.39, 0.29) is 11.3 Å². The number of fused-ring (bicyclic) bond motifs is 1. The Bertz CT molecular complexity index is 701. The Balaban J connectivity index is 1.80. The summed E-state index contributed by atoms with van der Waals surface area (Å²) in [6.07, 6.45) is 2.30. The van der Waals surface area contributed by atoms with Crippen LogP contribution >= 0.6 is 11.6 Å². The van der Waals surface area contributed by atoms with Gasteiger partial charge in [-0.1, -0.05) is 18.5 Å². The van der Waals surface area contributed by atoms with E-state index in [1.54, 1.807) is 0 Å². The highest BCUT2D eigenvalue weighted by Gasteiger charge is 2.28. The summed E-state index contributed by atoms with van der Waals surface area (Å²) in [4.78, 5) is 15.9. The van der Waals surface area contributed by atoms with E-state index in [1.165, 1.54) is 0 Å². The third-order valence-corrected chi connectivity index (χ3v) is 4.77. The van der Waals surface area contributed by atoms with Crippen molar-refractivity contribution in [3.05, 3.63) is 34.5 Å². The molecule has 0 saturated carbocycles. The molecule has 0 bridgehead atoms. The number of hydrogen-bond acceptors (Lipinski definition) is 2. The van der Waals surface area contributed by atoms with E-state index in [0.717, 1.165) is 42.5 Å². The zero-order chi connectivity index (χ0) is 15.7. The van der Waals surface area contributed by atoms with Crippen molar-refractivity contribution in [3.8, 4) is 0 Å². The van der Waals surface area contributed by atoms with Crippen LogP contribution in [0.5, 0.6) is 0 Å². The van der Waals surface area contributed by atoms with E-state index in [0.29, 0.717) is 17.1 Å². The number of nitrogens with one attached hydrogen (secondary N) is 3. The van der Waals surface area contributed by atoms with Gasteiger partial charge in [-0.25, -0.2) is 0 Å². The maximum atomic E-state index is 12.6. The molecule has 0 radical (unpaired) electrons. The van der Waals surface area contributed by atoms with Crippen LogP contribution in [0.3, 0.4) is 0 Å². The standard InChI is InChI=1S/C17H22ClN3O/c1-11-15(13-8-12(18)4-5-14(13)21-11)16(22)20-10-17(2)6-3-7-19-9-17/h4-5,8,19,21H,3,6-7,9-10H2,1-2H3,(H,20,22). The van der Waals surface area contributed by atoms with Crippen molar-refractivity contribution >= 4 is 28.4 Å². The normalized spacial score (nSPS) is 22.0. The average Bonchev–Trinajstić information content (AvgIpc) is 2.81. The quantitative estimate of drug-likeness (QED) is 0.813. The van der Waals surface area contributed by atoms with E-state index in [1.807, 2.05) is 25.1 Å². The Morgan fingerprint density at radius 1 is 1.45 bits per heavy atom. The zero-order valence-corrected chi connectivity index (χ0v) is 13.8. The van der Waals surface area contributed by atoms with Gasteiger partial charge in [0, 0.05) is 34.7 Å². The number of aromatic nitrogens is 1. The molecule has 3 N–H and O–H groups in total. The van der Waals surface area contributed by atoms with Crippen LogP contribution in [0.25, 0.3) is 10.9 Å². The molecule has 4 nitrogen and oxygen atoms in total. The van der Waals surface area contributed by atoms with Crippen LogP contribution in [0, 0.1) is 12.3 Å². The molecule has 1 amide bonds. The number of halogens is 1. The number of piperidine rings is 1. The van der Waals surface area contributed by atoms with Crippen LogP contribution in [-0.4, -0.2) is 30.5 Å². The lowest BCUT2D eigenvalue weighted by molar-refractivity contribution is 0.0926. The van der Waals surface area contributed by atoms with Gasteiger partial charge in [-0.2, -0.15) is 0 Å². The first-order valence-corrected chi connectivity index (χ1v) is 8.13. The molecule has 118 valence electrons. The van der Waals surface area contributed by atoms with Gasteiger partial charge in [0.1, 0.15) is 0 Å². The fraction of sp³-hybridized carbons (Fsp3) is 0.471. The van der Waals surface area contributed by atoms with Crippen LogP contribution in [0.2, 0.25) is 5.02 Å². The highest BCUT2D eigenvalue weighted by atomic mass is 35.5. The predicted molar refractivity (Wildman–Crippen MR) is 90.6 cm³/mol. The van der Waals surface area contributed by atoms with E-state index in [2.05, 4.69) is 22.5 Å². The molecule has 1 unspecified atom stereocenters. The first-order valence-electron chi connectivity index (χ1n) is 7.75. The molecular weight excluding hydrogens is 298 g/mol. The minimum Gasteiger partial charge on any atom is -0.358 e. The fourth-order valence-electron chi connectivity index (χ4n) is 3.24. The van der Waals surface area contributed by atoms with Crippen molar-refractivity contribution in [2.45, 2.75) is 26.7 Å². The number of H-pyrrole nitrogens is 1. The number of carbonyl (C=O) groups is 1. The van der Waals surface area contributed by atoms with Crippen molar-refractivity contribution < 1.29 is 4.79 Å². The highest BCUT2D eigenvalue weighted by molar-refractivity contribution is 6.31. The van der Waals surface area contributed by atoms with Gasteiger partial charge in [0.25, 0.3) is 5.91 Å². The summed E-state index contributed by atoms with van der Waals surface area (Å²) in [5.74, 6) is -0.0298. The highest BCUT2D eigenvalue weighted by Crippen LogP contribution is 2.27. The monoisotopic (exact) mass is 319 g/mol. The van der Waals surface area contributed by atoms with Crippen molar-refractivity contribution in [3.63, 3.8) is 0 Å². The lowest BCUT2D eigenvalue weighted by Crippen LogP contribution is -2.45. The molecule has 1 atom stereocenters. The van der Waals surface area contributed by atoms with Crippen molar-refractivity contribution in [1.82, 2.24) is 15.6 Å². The Hall–Kier alpha value is -1.52. The van der Waals surface area contributed by atoms with Gasteiger partial charge in [0.15, 0.2) is 0 Å². The Kier molecular flexibility index (Phi) is 4.15. The molecule has 1 fully saturated rings. The number of carbonyl (C=O) groups excluding carboxylic acids is 1. The number of rotatable bonds is 3. The molecule has 3 rings (SSSR count). The van der Waals surface area contributed by atoms with Crippen molar-refractivity contribution in [1.29, 1.82) is 0 Å². The molecule has 2 aromatic rings. The minimum atomic E-state index is -0.0298. The van der Waals surface area contributed by atoms with E-state index in [4.69, 9.17) is 11.6 Å². The van der Waals surface area contributed by atoms with E-state index < -0.39 is 0 Å². The summed E-state index contributed by atoms with van der Waals surface area (Å²) in [6.45, 7) is 6.85. The zero-order valence-electron chi connectivity index (χ0n) is 13.1. The summed E-state index contributed by atoms with van der Waals surface area (Å²) in [6, 6.07) is 5.59. The maximum Gasteiger partial charge on any atom is 0.253 e. The van der Waals surface area contributed by atoms with Gasteiger partial charge in [-0.15, -0.1) is 0 Å². The molecule has 1 aliphatic heterocycles. The van der Waals surface area contributed by atoms with Gasteiger partial charge in [0.05, 0.1) is 5.56 Å². The topological polar surface area (TPSA) is 56.9 Å². The number of amides is 1. The van der Waals surface area contributed by atoms with Crippen LogP contribution in [0.1, 0.15) is 35.8 Å². The second kappa shape index (κ2) is 5.94. The molecule has 1 aromatic heterocycles. The lowest BCUT2D eigenvalue weighted by atomic mass is 9.83. The second-order valence-electron chi connectivity index (χ2n) is 6.59. The van der Waals surface area contributed by atoms with Gasteiger partial charge in [-0.05, 0) is 49.9 Å². The number of hydrogen-bond donors (Lipinski definition) is 3. The number of benzene rings is 1. The van der Waals surface area contributed by atoms with Gasteiger partial charge >= 0.3 is 0 Å². The summed E-state index contributed by atoms with van der Waals surface area (Å²) in [5, 5.41) is 8.04. The molecule has 5 heteroatoms. The van der Waals surface area contributed by atoms with Gasteiger partial charge in [0.2, 0.25) is 0 Å². The third kappa shape index (κ3) is 2.99. The van der Waals surface area contributed by atoms with Crippen LogP contribution in [0.4, 0.5) is 0 Å². The third-order valence-electron chi connectivity index (χ3n) is 4.54. The van der Waals surface area contributed by atoms with E-state index >= 15 is 0 Å². The van der Waals surface area contributed by atoms with Crippen LogP contribution in [0.15, 0.2) is 18.2 Å². The molecule has 1 saturated heterocycles.